The number of pyridine rings is 1. The lowest BCUT2D eigenvalue weighted by Crippen LogP contribution is -2.45. The Morgan fingerprint density at radius 2 is 2.00 bits per heavy atom. The molecule has 0 radical (unpaired) electrons. The summed E-state index contributed by atoms with van der Waals surface area (Å²) in [6.45, 7) is 1.38. The van der Waals surface area contributed by atoms with Crippen molar-refractivity contribution in [3.05, 3.63) is 66.4 Å². The van der Waals surface area contributed by atoms with Crippen LogP contribution in [0, 0.1) is 0 Å². The van der Waals surface area contributed by atoms with Gasteiger partial charge in [0.2, 0.25) is 5.91 Å². The Balaban J connectivity index is 1.68. The number of nitrogens with zero attached hydrogens (tertiary/aromatic N) is 3. The molecule has 1 aliphatic rings. The molecule has 5 heteroatoms. The number of ether oxygens (including phenoxy) is 1. The normalized spacial score (nSPS) is 17.5. The number of carbonyl (C=O) groups is 1. The number of hydrogen-bond acceptors (Lipinski definition) is 3. The van der Waals surface area contributed by atoms with Crippen LogP contribution in [0.4, 0.5) is 0 Å². The Morgan fingerprint density at radius 3 is 2.82 bits per heavy atom. The van der Waals surface area contributed by atoms with E-state index >= 15 is 0 Å². The van der Waals surface area contributed by atoms with Crippen LogP contribution in [0.1, 0.15) is 24.8 Å². The van der Waals surface area contributed by atoms with Gasteiger partial charge in [-0.3, -0.25) is 4.79 Å². The summed E-state index contributed by atoms with van der Waals surface area (Å²) < 4.78 is 7.18. The third-order valence-electron chi connectivity index (χ3n) is 5.29. The topological polar surface area (TPSA) is 46.8 Å². The highest BCUT2D eigenvalue weighted by atomic mass is 16.5. The molecule has 144 valence electrons. The molecule has 28 heavy (non-hydrogen) atoms. The van der Waals surface area contributed by atoms with Crippen molar-refractivity contribution in [2.24, 2.45) is 0 Å². The highest BCUT2D eigenvalue weighted by Gasteiger charge is 2.25. The number of benzene rings is 1. The number of hydrogen-bond donors (Lipinski definition) is 0. The van der Waals surface area contributed by atoms with Crippen LogP contribution in [0.3, 0.4) is 0 Å². The van der Waals surface area contributed by atoms with Crippen LogP contribution in [0.15, 0.2) is 60.8 Å². The molecule has 2 aromatic heterocycles. The highest BCUT2D eigenvalue weighted by Crippen LogP contribution is 2.27. The maximum absolute atomic E-state index is 12.9. The number of aromatic nitrogens is 2. The summed E-state index contributed by atoms with van der Waals surface area (Å²) in [5.41, 5.74) is 3.86. The average Bonchev–Trinajstić information content (AvgIpc) is 3.12. The monoisotopic (exact) mass is 375 g/mol. The average molecular weight is 375 g/mol. The van der Waals surface area contributed by atoms with E-state index in [0.29, 0.717) is 6.61 Å². The molecule has 0 aliphatic carbocycles. The fraction of sp³-hybridized carbons (Fsp3) is 0.304. The third-order valence-corrected chi connectivity index (χ3v) is 5.29. The van der Waals surface area contributed by atoms with Gasteiger partial charge in [-0.05, 0) is 37.5 Å². The van der Waals surface area contributed by atoms with E-state index in [1.165, 1.54) is 0 Å². The highest BCUT2D eigenvalue weighted by molar-refractivity contribution is 5.95. The van der Waals surface area contributed by atoms with Gasteiger partial charge in [-0.1, -0.05) is 36.4 Å². The third kappa shape index (κ3) is 3.71. The molecule has 3 heterocycles. The first-order chi connectivity index (χ1) is 13.8. The maximum atomic E-state index is 12.9. The molecule has 5 nitrogen and oxygen atoms in total. The van der Waals surface area contributed by atoms with Gasteiger partial charge in [-0.15, -0.1) is 0 Å². The Bertz CT molecular complexity index is 976. The minimum atomic E-state index is 0.0380. The Labute approximate surface area is 165 Å². The van der Waals surface area contributed by atoms with E-state index in [0.717, 1.165) is 48.1 Å². The van der Waals surface area contributed by atoms with E-state index in [4.69, 9.17) is 9.84 Å². The molecule has 0 saturated carbocycles. The van der Waals surface area contributed by atoms with Crippen molar-refractivity contribution in [2.75, 3.05) is 20.3 Å². The lowest BCUT2D eigenvalue weighted by Gasteiger charge is -2.34. The molecule has 0 bridgehead atoms. The predicted octanol–water partition coefficient (Wildman–Crippen LogP) is 4.04. The Morgan fingerprint density at radius 1 is 1.18 bits per heavy atom. The van der Waals surface area contributed by atoms with Crippen LogP contribution >= 0.6 is 0 Å². The molecule has 1 fully saturated rings. The fourth-order valence-electron chi connectivity index (χ4n) is 3.90. The zero-order chi connectivity index (χ0) is 19.3. The second kappa shape index (κ2) is 8.40. The first kappa shape index (κ1) is 18.4. The lowest BCUT2D eigenvalue weighted by atomic mass is 10.0. The van der Waals surface area contributed by atoms with E-state index in [2.05, 4.69) is 0 Å². The number of amides is 1. The van der Waals surface area contributed by atoms with Gasteiger partial charge in [-0.25, -0.2) is 4.52 Å². The Kier molecular flexibility index (Phi) is 5.53. The maximum Gasteiger partial charge on any atom is 0.246 e. The van der Waals surface area contributed by atoms with Gasteiger partial charge in [0, 0.05) is 37.1 Å². The van der Waals surface area contributed by atoms with E-state index in [1.807, 2.05) is 70.2 Å². The molecule has 1 aliphatic heterocycles. The number of methoxy groups -OCH3 is 1. The first-order valence-corrected chi connectivity index (χ1v) is 9.78. The smallest absolute Gasteiger partial charge is 0.246 e. The summed E-state index contributed by atoms with van der Waals surface area (Å²) in [6.07, 6.45) is 8.72. The van der Waals surface area contributed by atoms with E-state index < -0.39 is 0 Å². The molecular weight excluding hydrogens is 350 g/mol. The van der Waals surface area contributed by atoms with Gasteiger partial charge in [0.15, 0.2) is 0 Å². The van der Waals surface area contributed by atoms with Gasteiger partial charge < -0.3 is 9.64 Å². The molecule has 1 saturated heterocycles. The fourth-order valence-corrected chi connectivity index (χ4v) is 3.90. The largest absolute Gasteiger partial charge is 0.383 e. The summed E-state index contributed by atoms with van der Waals surface area (Å²) in [5.74, 6) is 0.0380. The van der Waals surface area contributed by atoms with Crippen molar-refractivity contribution in [1.82, 2.24) is 14.5 Å². The summed E-state index contributed by atoms with van der Waals surface area (Å²) in [4.78, 5) is 14.9. The summed E-state index contributed by atoms with van der Waals surface area (Å²) in [6, 6.07) is 16.2. The van der Waals surface area contributed by atoms with Gasteiger partial charge >= 0.3 is 0 Å². The van der Waals surface area contributed by atoms with Gasteiger partial charge in [-0.2, -0.15) is 5.10 Å². The molecule has 1 aromatic carbocycles. The lowest BCUT2D eigenvalue weighted by molar-refractivity contribution is -0.130. The van der Waals surface area contributed by atoms with Crippen LogP contribution in [-0.4, -0.2) is 46.7 Å². The standard InChI is InChI=1S/C23H25N3O2/c1-28-17-19-11-5-7-15-25(19)22(27)14-13-20-21-12-6-8-16-26(21)24-23(20)18-9-3-2-4-10-18/h2-4,6,8-10,12-14,16,19H,5,7,11,15,17H2,1H3/b14-13+. The quantitative estimate of drug-likeness (QED) is 0.632. The van der Waals surface area contributed by atoms with Gasteiger partial charge in [0.1, 0.15) is 5.69 Å². The van der Waals surface area contributed by atoms with Crippen LogP contribution < -0.4 is 0 Å². The van der Waals surface area contributed by atoms with Crippen molar-refractivity contribution < 1.29 is 9.53 Å². The van der Waals surface area contributed by atoms with E-state index in [9.17, 15) is 4.79 Å². The minimum Gasteiger partial charge on any atom is -0.383 e. The van der Waals surface area contributed by atoms with Crippen LogP contribution in [0.2, 0.25) is 0 Å². The molecule has 3 aromatic rings. The van der Waals surface area contributed by atoms with Crippen LogP contribution in [0.5, 0.6) is 0 Å². The number of carbonyl (C=O) groups excluding carboxylic acids is 1. The number of rotatable bonds is 5. The zero-order valence-electron chi connectivity index (χ0n) is 16.1. The number of fused-ring (bicyclic) bond motifs is 1. The molecule has 0 spiro atoms. The van der Waals surface area contributed by atoms with Crippen molar-refractivity contribution in [1.29, 1.82) is 0 Å². The Hall–Kier alpha value is -2.92. The SMILES string of the molecule is COCC1CCCCN1C(=O)/C=C/c1c(-c2ccccc2)nn2ccccc12. The summed E-state index contributed by atoms with van der Waals surface area (Å²) >= 11 is 0. The molecule has 1 atom stereocenters. The van der Waals surface area contributed by atoms with Gasteiger partial charge in [0.25, 0.3) is 0 Å². The van der Waals surface area contributed by atoms with Crippen LogP contribution in [0.25, 0.3) is 22.9 Å². The molecule has 4 rings (SSSR count). The van der Waals surface area contributed by atoms with E-state index in [1.54, 1.807) is 13.2 Å². The van der Waals surface area contributed by atoms with Crippen molar-refractivity contribution in [3.8, 4) is 11.3 Å². The molecule has 1 unspecified atom stereocenters. The second-order valence-corrected chi connectivity index (χ2v) is 7.13. The zero-order valence-corrected chi connectivity index (χ0v) is 16.1. The van der Waals surface area contributed by atoms with E-state index in [-0.39, 0.29) is 11.9 Å². The summed E-state index contributed by atoms with van der Waals surface area (Å²) in [7, 11) is 1.69. The van der Waals surface area contributed by atoms with Crippen molar-refractivity contribution in [2.45, 2.75) is 25.3 Å². The van der Waals surface area contributed by atoms with Crippen molar-refractivity contribution >= 4 is 17.5 Å². The molecular formula is C23H25N3O2. The van der Waals surface area contributed by atoms with Gasteiger partial charge in [0.05, 0.1) is 18.2 Å². The van der Waals surface area contributed by atoms with Crippen LogP contribution in [-0.2, 0) is 9.53 Å². The molecule has 1 amide bonds. The summed E-state index contributed by atoms with van der Waals surface area (Å²) in [5, 5.41) is 4.74. The minimum absolute atomic E-state index is 0.0380. The number of piperidine rings is 1. The molecule has 0 N–H and O–H groups in total. The second-order valence-electron chi connectivity index (χ2n) is 7.13. The first-order valence-electron chi connectivity index (χ1n) is 9.78. The number of likely N-dealkylation sites (tertiary alicyclic amines) is 1. The van der Waals surface area contributed by atoms with Crippen molar-refractivity contribution in [3.63, 3.8) is 0 Å². The predicted molar refractivity (Wildman–Crippen MR) is 111 cm³/mol.